The Kier molecular flexibility index (Phi) is 3.98. The molecule has 0 aromatic carbocycles. The quantitative estimate of drug-likeness (QED) is 0.670. The van der Waals surface area contributed by atoms with Gasteiger partial charge in [0.15, 0.2) is 0 Å². The summed E-state index contributed by atoms with van der Waals surface area (Å²) in [6.07, 6.45) is 2.74. The zero-order valence-corrected chi connectivity index (χ0v) is 8.88. The minimum atomic E-state index is -0.954. The Balaban J connectivity index is 2.55. The zero-order chi connectivity index (χ0) is 9.68. The van der Waals surface area contributed by atoms with Gasteiger partial charge in [-0.05, 0) is 33.5 Å². The van der Waals surface area contributed by atoms with Crippen molar-refractivity contribution in [1.29, 1.82) is 0 Å². The minimum absolute atomic E-state index is 0.765. The maximum atomic E-state index is 10.1. The molecule has 0 saturated carbocycles. The standard InChI is InChI=1S/C8H6BrNO2S/c9-6-1-2-7(10-5-6)13-4-3-8(11)12/h1-5H,(H,11,12). The lowest BCUT2D eigenvalue weighted by atomic mass is 10.5. The van der Waals surface area contributed by atoms with Crippen LogP contribution in [0.1, 0.15) is 0 Å². The number of carbonyl (C=O) groups is 1. The normalized spacial score (nSPS) is 10.5. The molecule has 0 aliphatic carbocycles. The van der Waals surface area contributed by atoms with Crippen molar-refractivity contribution in [3.05, 3.63) is 34.3 Å². The Morgan fingerprint density at radius 1 is 1.62 bits per heavy atom. The Morgan fingerprint density at radius 3 is 2.92 bits per heavy atom. The van der Waals surface area contributed by atoms with Crippen LogP contribution in [0.5, 0.6) is 0 Å². The number of carboxylic acids is 1. The molecular formula is C8H6BrNO2S. The molecule has 0 radical (unpaired) electrons. The highest BCUT2D eigenvalue weighted by molar-refractivity contribution is 9.10. The smallest absolute Gasteiger partial charge is 0.328 e. The van der Waals surface area contributed by atoms with Gasteiger partial charge in [-0.2, -0.15) is 0 Å². The summed E-state index contributed by atoms with van der Waals surface area (Å²) in [6.45, 7) is 0. The van der Waals surface area contributed by atoms with Crippen molar-refractivity contribution in [3.63, 3.8) is 0 Å². The Hall–Kier alpha value is -0.810. The molecule has 0 atom stereocenters. The van der Waals surface area contributed by atoms with E-state index in [0.717, 1.165) is 15.6 Å². The predicted octanol–water partition coefficient (Wildman–Crippen LogP) is 2.53. The highest BCUT2D eigenvalue weighted by Gasteiger charge is 1.92. The number of aliphatic carboxylic acids is 1. The van der Waals surface area contributed by atoms with Crippen molar-refractivity contribution in [2.45, 2.75) is 5.03 Å². The lowest BCUT2D eigenvalue weighted by Crippen LogP contribution is -1.84. The van der Waals surface area contributed by atoms with Gasteiger partial charge in [0.25, 0.3) is 0 Å². The lowest BCUT2D eigenvalue weighted by molar-refractivity contribution is -0.131. The van der Waals surface area contributed by atoms with Crippen molar-refractivity contribution < 1.29 is 9.90 Å². The van der Waals surface area contributed by atoms with Crippen LogP contribution in [-0.4, -0.2) is 16.1 Å². The van der Waals surface area contributed by atoms with Gasteiger partial charge in [-0.3, -0.25) is 0 Å². The second-order valence-corrected chi connectivity index (χ2v) is 3.92. The number of pyridine rings is 1. The van der Waals surface area contributed by atoms with E-state index >= 15 is 0 Å². The number of nitrogens with zero attached hydrogens (tertiary/aromatic N) is 1. The molecular weight excluding hydrogens is 254 g/mol. The third-order valence-corrected chi connectivity index (χ3v) is 2.32. The average Bonchev–Trinajstić information content (AvgIpc) is 2.08. The average molecular weight is 260 g/mol. The largest absolute Gasteiger partial charge is 0.478 e. The molecule has 1 N–H and O–H groups in total. The molecule has 1 aromatic heterocycles. The fraction of sp³-hybridized carbons (Fsp3) is 0. The molecule has 13 heavy (non-hydrogen) atoms. The van der Waals surface area contributed by atoms with E-state index in [9.17, 15) is 4.79 Å². The monoisotopic (exact) mass is 259 g/mol. The van der Waals surface area contributed by atoms with E-state index < -0.39 is 5.97 Å². The van der Waals surface area contributed by atoms with Gasteiger partial charge in [-0.1, -0.05) is 11.8 Å². The molecule has 0 unspecified atom stereocenters. The molecule has 0 aliphatic rings. The molecule has 0 spiro atoms. The Bertz CT molecular complexity index is 323. The van der Waals surface area contributed by atoms with E-state index in [-0.39, 0.29) is 0 Å². The molecule has 0 aliphatic heterocycles. The van der Waals surface area contributed by atoms with Crippen molar-refractivity contribution >= 4 is 33.7 Å². The summed E-state index contributed by atoms with van der Waals surface area (Å²) in [5.41, 5.74) is 0. The fourth-order valence-corrected chi connectivity index (χ4v) is 1.41. The first-order chi connectivity index (χ1) is 6.18. The van der Waals surface area contributed by atoms with E-state index in [2.05, 4.69) is 20.9 Å². The molecule has 68 valence electrons. The minimum Gasteiger partial charge on any atom is -0.478 e. The van der Waals surface area contributed by atoms with Gasteiger partial charge in [-0.25, -0.2) is 9.78 Å². The summed E-state index contributed by atoms with van der Waals surface area (Å²) in [7, 11) is 0. The maximum absolute atomic E-state index is 10.1. The van der Waals surface area contributed by atoms with Crippen LogP contribution < -0.4 is 0 Å². The van der Waals surface area contributed by atoms with Gasteiger partial charge in [-0.15, -0.1) is 0 Å². The predicted molar refractivity (Wildman–Crippen MR) is 54.6 cm³/mol. The van der Waals surface area contributed by atoms with Gasteiger partial charge in [0.2, 0.25) is 0 Å². The number of carboxylic acid groups (broad SMARTS) is 1. The van der Waals surface area contributed by atoms with Crippen LogP contribution in [0.4, 0.5) is 0 Å². The van der Waals surface area contributed by atoms with Crippen LogP contribution in [0.25, 0.3) is 0 Å². The van der Waals surface area contributed by atoms with E-state index in [1.165, 1.54) is 17.2 Å². The van der Waals surface area contributed by atoms with Crippen LogP contribution >= 0.6 is 27.7 Å². The molecule has 1 rings (SSSR count). The molecule has 1 heterocycles. The van der Waals surface area contributed by atoms with Crippen LogP contribution in [0.15, 0.2) is 39.3 Å². The topological polar surface area (TPSA) is 50.2 Å². The number of rotatable bonds is 3. The Labute approximate surface area is 88.0 Å². The summed E-state index contributed by atoms with van der Waals surface area (Å²) in [6, 6.07) is 3.66. The van der Waals surface area contributed by atoms with Crippen molar-refractivity contribution in [3.8, 4) is 0 Å². The SMILES string of the molecule is O=C(O)C=CSc1ccc(Br)cn1. The van der Waals surface area contributed by atoms with E-state index in [0.29, 0.717) is 0 Å². The van der Waals surface area contributed by atoms with Gasteiger partial charge in [0, 0.05) is 16.7 Å². The number of hydrogen-bond donors (Lipinski definition) is 1. The van der Waals surface area contributed by atoms with Crippen LogP contribution in [0, 0.1) is 0 Å². The molecule has 0 bridgehead atoms. The summed E-state index contributed by atoms with van der Waals surface area (Å²) in [5.74, 6) is -0.954. The van der Waals surface area contributed by atoms with Gasteiger partial charge in [0.1, 0.15) is 5.03 Å². The highest BCUT2D eigenvalue weighted by atomic mass is 79.9. The fourth-order valence-electron chi connectivity index (χ4n) is 0.594. The lowest BCUT2D eigenvalue weighted by Gasteiger charge is -1.93. The van der Waals surface area contributed by atoms with Crippen molar-refractivity contribution in [2.24, 2.45) is 0 Å². The Morgan fingerprint density at radius 2 is 2.38 bits per heavy atom. The molecule has 0 fully saturated rings. The van der Waals surface area contributed by atoms with Crippen molar-refractivity contribution in [2.75, 3.05) is 0 Å². The zero-order valence-electron chi connectivity index (χ0n) is 6.48. The first kappa shape index (κ1) is 10.3. The summed E-state index contributed by atoms with van der Waals surface area (Å²) < 4.78 is 0.902. The number of hydrogen-bond acceptors (Lipinski definition) is 3. The first-order valence-corrected chi connectivity index (χ1v) is 5.03. The second-order valence-electron chi connectivity index (χ2n) is 2.07. The van der Waals surface area contributed by atoms with Gasteiger partial charge < -0.3 is 5.11 Å². The number of thioether (sulfide) groups is 1. The first-order valence-electron chi connectivity index (χ1n) is 3.36. The second kappa shape index (κ2) is 5.04. The third-order valence-electron chi connectivity index (χ3n) is 1.10. The molecule has 1 aromatic rings. The highest BCUT2D eigenvalue weighted by Crippen LogP contribution is 2.17. The van der Waals surface area contributed by atoms with Crippen LogP contribution in [0.3, 0.4) is 0 Å². The molecule has 5 heteroatoms. The third kappa shape index (κ3) is 4.10. The van der Waals surface area contributed by atoms with Crippen LogP contribution in [-0.2, 0) is 4.79 Å². The molecule has 3 nitrogen and oxygen atoms in total. The molecule has 0 amide bonds. The number of aromatic nitrogens is 1. The van der Waals surface area contributed by atoms with E-state index in [1.807, 2.05) is 6.07 Å². The van der Waals surface area contributed by atoms with Crippen LogP contribution in [0.2, 0.25) is 0 Å². The maximum Gasteiger partial charge on any atom is 0.328 e. The van der Waals surface area contributed by atoms with Gasteiger partial charge in [0.05, 0.1) is 0 Å². The summed E-state index contributed by atoms with van der Waals surface area (Å²) >= 11 is 4.52. The van der Waals surface area contributed by atoms with Crippen molar-refractivity contribution in [1.82, 2.24) is 4.98 Å². The summed E-state index contributed by atoms with van der Waals surface area (Å²) in [5, 5.41) is 10.6. The molecule has 0 saturated heterocycles. The van der Waals surface area contributed by atoms with E-state index in [1.54, 1.807) is 12.3 Å². The number of halogens is 1. The van der Waals surface area contributed by atoms with Gasteiger partial charge >= 0.3 is 5.97 Å². The van der Waals surface area contributed by atoms with E-state index in [4.69, 9.17) is 5.11 Å². The summed E-state index contributed by atoms with van der Waals surface area (Å²) in [4.78, 5) is 14.2.